The van der Waals surface area contributed by atoms with Crippen molar-refractivity contribution >= 4 is 18.0 Å². The van der Waals surface area contributed by atoms with E-state index in [9.17, 15) is 14.4 Å². The van der Waals surface area contributed by atoms with Crippen molar-refractivity contribution < 1.29 is 23.9 Å². The van der Waals surface area contributed by atoms with Gasteiger partial charge in [0.1, 0.15) is 17.7 Å². The maximum atomic E-state index is 13.1. The van der Waals surface area contributed by atoms with E-state index < -0.39 is 29.7 Å². The number of aryl methyl sites for hydroxylation is 1. The van der Waals surface area contributed by atoms with Crippen LogP contribution in [0.3, 0.4) is 0 Å². The van der Waals surface area contributed by atoms with Crippen LogP contribution in [0, 0.1) is 0 Å². The number of carbonyl (C=O) groups excluding carboxylic acids is 3. The number of nitrogens with zero attached hydrogens (tertiary/aromatic N) is 1. The molecule has 7 nitrogen and oxygen atoms in total. The number of hydrogen-bond acceptors (Lipinski definition) is 5. The van der Waals surface area contributed by atoms with Gasteiger partial charge in [0.15, 0.2) is 0 Å². The molecular formula is C21H30N2O5. The van der Waals surface area contributed by atoms with Gasteiger partial charge >= 0.3 is 12.1 Å². The SMILES string of the molecule is COC(=O)C1CCCN1C(=O)C(CCc1ccccc1)NC(=O)OC(C)(C)C. The normalized spacial score (nSPS) is 17.7. The third kappa shape index (κ3) is 6.25. The Bertz CT molecular complexity index is 684. The topological polar surface area (TPSA) is 84.9 Å². The van der Waals surface area contributed by atoms with E-state index >= 15 is 0 Å². The summed E-state index contributed by atoms with van der Waals surface area (Å²) in [4.78, 5) is 38.9. The summed E-state index contributed by atoms with van der Waals surface area (Å²) in [7, 11) is 1.31. The van der Waals surface area contributed by atoms with Gasteiger partial charge in [0, 0.05) is 6.54 Å². The minimum atomic E-state index is -0.777. The Morgan fingerprint density at radius 1 is 1.21 bits per heavy atom. The standard InChI is InChI=1S/C21H30N2O5/c1-21(2,3)28-20(26)22-16(13-12-15-9-6-5-7-10-15)18(24)23-14-8-11-17(23)19(25)27-4/h5-7,9-10,16-17H,8,11-14H2,1-4H3,(H,22,26). The van der Waals surface area contributed by atoms with Crippen molar-refractivity contribution in [1.29, 1.82) is 0 Å². The first kappa shape index (κ1) is 21.7. The van der Waals surface area contributed by atoms with E-state index in [-0.39, 0.29) is 5.91 Å². The Kier molecular flexibility index (Phi) is 7.43. The molecule has 0 saturated carbocycles. The maximum absolute atomic E-state index is 13.1. The predicted molar refractivity (Wildman–Crippen MR) is 105 cm³/mol. The molecule has 1 heterocycles. The molecule has 1 saturated heterocycles. The number of nitrogens with one attached hydrogen (secondary N) is 1. The van der Waals surface area contributed by atoms with E-state index in [0.717, 1.165) is 12.0 Å². The van der Waals surface area contributed by atoms with Crippen LogP contribution >= 0.6 is 0 Å². The zero-order chi connectivity index (χ0) is 20.7. The summed E-state index contributed by atoms with van der Waals surface area (Å²) in [6, 6.07) is 8.36. The first-order chi connectivity index (χ1) is 13.2. The molecule has 1 fully saturated rings. The van der Waals surface area contributed by atoms with Crippen LogP contribution in [0.1, 0.15) is 45.6 Å². The van der Waals surface area contributed by atoms with Gasteiger partial charge < -0.3 is 19.7 Å². The number of rotatable bonds is 6. The van der Waals surface area contributed by atoms with Crippen LogP contribution in [-0.4, -0.2) is 54.2 Å². The molecule has 0 bridgehead atoms. The number of hydrogen-bond donors (Lipinski definition) is 1. The van der Waals surface area contributed by atoms with Gasteiger partial charge in [0.2, 0.25) is 5.91 Å². The van der Waals surface area contributed by atoms with E-state index in [0.29, 0.717) is 25.8 Å². The molecule has 1 aromatic carbocycles. The summed E-state index contributed by atoms with van der Waals surface area (Å²) in [5.41, 5.74) is 0.400. The van der Waals surface area contributed by atoms with Crippen molar-refractivity contribution in [1.82, 2.24) is 10.2 Å². The third-order valence-corrected chi connectivity index (χ3v) is 4.56. The fourth-order valence-corrected chi connectivity index (χ4v) is 3.27. The van der Waals surface area contributed by atoms with Gasteiger partial charge in [0.05, 0.1) is 7.11 Å². The first-order valence-corrected chi connectivity index (χ1v) is 9.63. The zero-order valence-electron chi connectivity index (χ0n) is 17.1. The molecule has 7 heteroatoms. The highest BCUT2D eigenvalue weighted by Crippen LogP contribution is 2.21. The van der Waals surface area contributed by atoms with E-state index in [2.05, 4.69) is 5.32 Å². The highest BCUT2D eigenvalue weighted by molar-refractivity contribution is 5.90. The van der Waals surface area contributed by atoms with Crippen LogP contribution < -0.4 is 5.32 Å². The lowest BCUT2D eigenvalue weighted by molar-refractivity contribution is -0.151. The quantitative estimate of drug-likeness (QED) is 0.755. The highest BCUT2D eigenvalue weighted by atomic mass is 16.6. The summed E-state index contributed by atoms with van der Waals surface area (Å²) >= 11 is 0. The number of amides is 2. The molecule has 1 N–H and O–H groups in total. The maximum Gasteiger partial charge on any atom is 0.408 e. The van der Waals surface area contributed by atoms with Crippen LogP contribution in [-0.2, 0) is 25.5 Å². The van der Waals surface area contributed by atoms with Crippen LogP contribution in [0.4, 0.5) is 4.79 Å². The number of carbonyl (C=O) groups is 3. The molecule has 28 heavy (non-hydrogen) atoms. The van der Waals surface area contributed by atoms with E-state index in [1.807, 2.05) is 30.3 Å². The molecule has 0 aromatic heterocycles. The molecule has 154 valence electrons. The summed E-state index contributed by atoms with van der Waals surface area (Å²) in [6.45, 7) is 5.76. The number of alkyl carbamates (subject to hydrolysis) is 1. The van der Waals surface area contributed by atoms with Crippen molar-refractivity contribution in [2.24, 2.45) is 0 Å². The molecular weight excluding hydrogens is 360 g/mol. The Labute approximate surface area is 166 Å². The second-order valence-corrected chi connectivity index (χ2v) is 7.94. The number of methoxy groups -OCH3 is 1. The largest absolute Gasteiger partial charge is 0.467 e. The smallest absolute Gasteiger partial charge is 0.408 e. The average Bonchev–Trinajstić information content (AvgIpc) is 3.13. The molecule has 1 aromatic rings. The molecule has 1 aliphatic rings. The highest BCUT2D eigenvalue weighted by Gasteiger charge is 2.38. The number of esters is 1. The summed E-state index contributed by atoms with van der Waals surface area (Å²) in [6.07, 6.45) is 1.67. The van der Waals surface area contributed by atoms with E-state index in [1.165, 1.54) is 12.0 Å². The molecule has 2 amide bonds. The van der Waals surface area contributed by atoms with Crippen molar-refractivity contribution in [2.45, 2.75) is 64.1 Å². The van der Waals surface area contributed by atoms with Crippen LogP contribution in [0.2, 0.25) is 0 Å². The summed E-state index contributed by atoms with van der Waals surface area (Å²) in [5.74, 6) is -0.709. The van der Waals surface area contributed by atoms with Gasteiger partial charge in [-0.2, -0.15) is 0 Å². The minimum absolute atomic E-state index is 0.283. The fourth-order valence-electron chi connectivity index (χ4n) is 3.27. The van der Waals surface area contributed by atoms with Crippen molar-refractivity contribution in [3.8, 4) is 0 Å². The Hall–Kier alpha value is -2.57. The van der Waals surface area contributed by atoms with Crippen molar-refractivity contribution in [2.75, 3.05) is 13.7 Å². The molecule has 2 rings (SSSR count). The number of likely N-dealkylation sites (tertiary alicyclic amines) is 1. The fraction of sp³-hybridized carbons (Fsp3) is 0.571. The summed E-state index contributed by atoms with van der Waals surface area (Å²) < 4.78 is 10.1. The second kappa shape index (κ2) is 9.57. The number of ether oxygens (including phenoxy) is 2. The molecule has 2 atom stereocenters. The monoisotopic (exact) mass is 390 g/mol. The van der Waals surface area contributed by atoms with Crippen LogP contribution in [0.25, 0.3) is 0 Å². The van der Waals surface area contributed by atoms with Gasteiger partial charge in [-0.3, -0.25) is 4.79 Å². The van der Waals surface area contributed by atoms with Gasteiger partial charge in [-0.1, -0.05) is 30.3 Å². The first-order valence-electron chi connectivity index (χ1n) is 9.63. The molecule has 1 aliphatic heterocycles. The second-order valence-electron chi connectivity index (χ2n) is 7.94. The average molecular weight is 390 g/mol. The molecule has 0 radical (unpaired) electrons. The van der Waals surface area contributed by atoms with E-state index in [1.54, 1.807) is 20.8 Å². The number of benzene rings is 1. The Morgan fingerprint density at radius 3 is 2.50 bits per heavy atom. The lowest BCUT2D eigenvalue weighted by Gasteiger charge is -2.29. The lowest BCUT2D eigenvalue weighted by Crippen LogP contribution is -2.52. The molecule has 0 aliphatic carbocycles. The Balaban J connectivity index is 2.12. The van der Waals surface area contributed by atoms with Gasteiger partial charge in [-0.25, -0.2) is 9.59 Å². The zero-order valence-corrected chi connectivity index (χ0v) is 17.1. The van der Waals surface area contributed by atoms with Gasteiger partial charge in [0.25, 0.3) is 0 Å². The van der Waals surface area contributed by atoms with Gasteiger partial charge in [-0.05, 0) is 52.0 Å². The van der Waals surface area contributed by atoms with Crippen LogP contribution in [0.5, 0.6) is 0 Å². The minimum Gasteiger partial charge on any atom is -0.467 e. The molecule has 0 spiro atoms. The summed E-state index contributed by atoms with van der Waals surface area (Å²) in [5, 5.41) is 2.69. The Morgan fingerprint density at radius 2 is 1.89 bits per heavy atom. The van der Waals surface area contributed by atoms with Gasteiger partial charge in [-0.15, -0.1) is 0 Å². The van der Waals surface area contributed by atoms with E-state index in [4.69, 9.17) is 9.47 Å². The van der Waals surface area contributed by atoms with Crippen molar-refractivity contribution in [3.05, 3.63) is 35.9 Å². The van der Waals surface area contributed by atoms with Crippen LogP contribution in [0.15, 0.2) is 30.3 Å². The molecule has 2 unspecified atom stereocenters. The van der Waals surface area contributed by atoms with Crippen molar-refractivity contribution in [3.63, 3.8) is 0 Å². The third-order valence-electron chi connectivity index (χ3n) is 4.56. The lowest BCUT2D eigenvalue weighted by atomic mass is 10.0. The predicted octanol–water partition coefficient (Wildman–Crippen LogP) is 2.68.